The number of nitrogens with one attached hydrogen (secondary N) is 1. The number of hydrogen-bond donors (Lipinski definition) is 1. The molecule has 26 heavy (non-hydrogen) atoms. The van der Waals surface area contributed by atoms with Crippen LogP contribution in [-0.2, 0) is 6.54 Å². The standard InChI is InChI=1S/C20H29ClN4O/c1-4-7-18(24-10-6-8-22-9-11-24)19-23-17-12-14(3)16(21)13-15(17)20(26)25(19)5-2/h12-13,18,22H,4-11H2,1-3H3. The van der Waals surface area contributed by atoms with E-state index in [2.05, 4.69) is 17.1 Å². The van der Waals surface area contributed by atoms with Crippen molar-refractivity contribution in [2.24, 2.45) is 0 Å². The van der Waals surface area contributed by atoms with Gasteiger partial charge in [0.2, 0.25) is 0 Å². The highest BCUT2D eigenvalue weighted by molar-refractivity contribution is 6.32. The Bertz CT molecular complexity index is 825. The van der Waals surface area contributed by atoms with E-state index in [0.29, 0.717) is 17.0 Å². The fourth-order valence-electron chi connectivity index (χ4n) is 3.85. The molecule has 1 aliphatic heterocycles. The van der Waals surface area contributed by atoms with Crippen LogP contribution < -0.4 is 10.9 Å². The Morgan fingerprint density at radius 3 is 2.81 bits per heavy atom. The minimum Gasteiger partial charge on any atom is -0.315 e. The van der Waals surface area contributed by atoms with Crippen LogP contribution in [0, 0.1) is 6.92 Å². The summed E-state index contributed by atoms with van der Waals surface area (Å²) in [5.74, 6) is 0.899. The van der Waals surface area contributed by atoms with Crippen molar-refractivity contribution in [2.75, 3.05) is 26.2 Å². The average molecular weight is 377 g/mol. The second kappa shape index (κ2) is 8.51. The van der Waals surface area contributed by atoms with E-state index < -0.39 is 0 Å². The van der Waals surface area contributed by atoms with Gasteiger partial charge < -0.3 is 5.32 Å². The summed E-state index contributed by atoms with van der Waals surface area (Å²) in [6.07, 6.45) is 3.19. The van der Waals surface area contributed by atoms with Crippen LogP contribution in [0.4, 0.5) is 0 Å². The van der Waals surface area contributed by atoms with Gasteiger partial charge >= 0.3 is 0 Å². The van der Waals surface area contributed by atoms with Crippen LogP contribution in [-0.4, -0.2) is 40.6 Å². The molecule has 5 nitrogen and oxygen atoms in total. The second-order valence-corrected chi connectivity index (χ2v) is 7.49. The van der Waals surface area contributed by atoms with Gasteiger partial charge in [0.25, 0.3) is 5.56 Å². The number of halogens is 1. The Morgan fingerprint density at radius 2 is 2.08 bits per heavy atom. The van der Waals surface area contributed by atoms with Gasteiger partial charge in [0.15, 0.2) is 0 Å². The summed E-state index contributed by atoms with van der Waals surface area (Å²) in [5, 5.41) is 4.69. The molecule has 1 aromatic carbocycles. The molecule has 1 aromatic heterocycles. The number of rotatable bonds is 5. The van der Waals surface area contributed by atoms with E-state index in [1.165, 1.54) is 0 Å². The van der Waals surface area contributed by atoms with Crippen molar-refractivity contribution in [3.05, 3.63) is 38.9 Å². The van der Waals surface area contributed by atoms with Crippen LogP contribution in [0.1, 0.15) is 50.5 Å². The van der Waals surface area contributed by atoms with Gasteiger partial charge in [-0.15, -0.1) is 0 Å². The molecule has 6 heteroatoms. The lowest BCUT2D eigenvalue weighted by atomic mass is 10.1. The first-order chi connectivity index (χ1) is 12.6. The molecule has 1 unspecified atom stereocenters. The lowest BCUT2D eigenvalue weighted by Gasteiger charge is -2.31. The monoisotopic (exact) mass is 376 g/mol. The highest BCUT2D eigenvalue weighted by Gasteiger charge is 2.26. The highest BCUT2D eigenvalue weighted by atomic mass is 35.5. The molecule has 1 fully saturated rings. The summed E-state index contributed by atoms with van der Waals surface area (Å²) in [6, 6.07) is 3.88. The molecule has 0 bridgehead atoms. The smallest absolute Gasteiger partial charge is 0.261 e. The predicted molar refractivity (Wildman–Crippen MR) is 108 cm³/mol. The van der Waals surface area contributed by atoms with E-state index in [4.69, 9.17) is 16.6 Å². The quantitative estimate of drug-likeness (QED) is 0.867. The maximum Gasteiger partial charge on any atom is 0.261 e. The summed E-state index contributed by atoms with van der Waals surface area (Å²) >= 11 is 6.26. The van der Waals surface area contributed by atoms with Gasteiger partial charge in [-0.05, 0) is 50.9 Å². The van der Waals surface area contributed by atoms with E-state index >= 15 is 0 Å². The van der Waals surface area contributed by atoms with Crippen molar-refractivity contribution < 1.29 is 0 Å². The zero-order valence-corrected chi connectivity index (χ0v) is 16.8. The predicted octanol–water partition coefficient (Wildman–Crippen LogP) is 3.51. The van der Waals surface area contributed by atoms with Gasteiger partial charge in [-0.25, -0.2) is 4.98 Å². The van der Waals surface area contributed by atoms with E-state index in [1.807, 2.05) is 24.5 Å². The topological polar surface area (TPSA) is 50.2 Å². The highest BCUT2D eigenvalue weighted by Crippen LogP contribution is 2.27. The van der Waals surface area contributed by atoms with E-state index in [1.54, 1.807) is 6.07 Å². The average Bonchev–Trinajstić information content (AvgIpc) is 2.91. The molecular formula is C20H29ClN4O. The molecule has 0 amide bonds. The van der Waals surface area contributed by atoms with Crippen molar-refractivity contribution in [2.45, 2.75) is 52.6 Å². The van der Waals surface area contributed by atoms with Gasteiger partial charge in [0.05, 0.1) is 16.9 Å². The number of benzene rings is 1. The van der Waals surface area contributed by atoms with E-state index in [0.717, 1.165) is 62.3 Å². The summed E-state index contributed by atoms with van der Waals surface area (Å²) in [5.41, 5.74) is 1.73. The minimum absolute atomic E-state index is 0.0171. The zero-order valence-electron chi connectivity index (χ0n) is 16.0. The molecule has 0 radical (unpaired) electrons. The number of fused-ring (bicyclic) bond motifs is 1. The van der Waals surface area contributed by atoms with Gasteiger partial charge in [0, 0.05) is 31.2 Å². The molecule has 1 saturated heterocycles. The third-order valence-electron chi connectivity index (χ3n) is 5.26. The van der Waals surface area contributed by atoms with Gasteiger partial charge in [-0.2, -0.15) is 0 Å². The van der Waals surface area contributed by atoms with Gasteiger partial charge in [0.1, 0.15) is 5.82 Å². The van der Waals surface area contributed by atoms with Crippen LogP contribution in [0.3, 0.4) is 0 Å². The Labute approximate surface area is 160 Å². The number of hydrogen-bond acceptors (Lipinski definition) is 4. The van der Waals surface area contributed by atoms with Gasteiger partial charge in [-0.1, -0.05) is 24.9 Å². The van der Waals surface area contributed by atoms with Crippen molar-refractivity contribution in [1.29, 1.82) is 0 Å². The molecule has 1 N–H and O–H groups in total. The fourth-order valence-corrected chi connectivity index (χ4v) is 4.01. The molecule has 3 rings (SSSR count). The van der Waals surface area contributed by atoms with Crippen molar-refractivity contribution in [1.82, 2.24) is 19.8 Å². The molecular weight excluding hydrogens is 348 g/mol. The molecule has 2 heterocycles. The molecule has 0 saturated carbocycles. The third kappa shape index (κ3) is 3.80. The van der Waals surface area contributed by atoms with Gasteiger partial charge in [-0.3, -0.25) is 14.3 Å². The first-order valence-corrected chi connectivity index (χ1v) is 10.1. The molecule has 1 atom stereocenters. The van der Waals surface area contributed by atoms with E-state index in [9.17, 15) is 4.79 Å². The van der Waals surface area contributed by atoms with Crippen LogP contribution in [0.15, 0.2) is 16.9 Å². The minimum atomic E-state index is 0.0171. The summed E-state index contributed by atoms with van der Waals surface area (Å²) < 4.78 is 1.84. The largest absolute Gasteiger partial charge is 0.315 e. The van der Waals surface area contributed by atoms with Crippen molar-refractivity contribution >= 4 is 22.5 Å². The Balaban J connectivity index is 2.16. The maximum atomic E-state index is 13.1. The lowest BCUT2D eigenvalue weighted by Crippen LogP contribution is -2.37. The maximum absolute atomic E-state index is 13.1. The molecule has 142 valence electrons. The Morgan fingerprint density at radius 1 is 1.27 bits per heavy atom. The molecule has 0 spiro atoms. The molecule has 0 aliphatic carbocycles. The molecule has 2 aromatic rings. The Hall–Kier alpha value is -1.43. The fraction of sp³-hybridized carbons (Fsp3) is 0.600. The zero-order chi connectivity index (χ0) is 18.7. The first kappa shape index (κ1) is 19.3. The SMILES string of the molecule is CCCC(c1nc2cc(C)c(Cl)cc2c(=O)n1CC)N1CCCNCC1. The second-order valence-electron chi connectivity index (χ2n) is 7.08. The molecule has 1 aliphatic rings. The number of nitrogens with zero attached hydrogens (tertiary/aromatic N) is 3. The first-order valence-electron chi connectivity index (χ1n) is 9.72. The van der Waals surface area contributed by atoms with Crippen LogP contribution in [0.25, 0.3) is 10.9 Å². The summed E-state index contributed by atoms with van der Waals surface area (Å²) in [7, 11) is 0. The summed E-state index contributed by atoms with van der Waals surface area (Å²) in [4.78, 5) is 20.6. The number of aryl methyl sites for hydroxylation is 1. The van der Waals surface area contributed by atoms with Crippen LogP contribution >= 0.6 is 11.6 Å². The van der Waals surface area contributed by atoms with Crippen molar-refractivity contribution in [3.63, 3.8) is 0 Å². The van der Waals surface area contributed by atoms with Crippen LogP contribution in [0.2, 0.25) is 5.02 Å². The summed E-state index contributed by atoms with van der Waals surface area (Å²) in [6.45, 7) is 10.9. The Kier molecular flexibility index (Phi) is 6.33. The van der Waals surface area contributed by atoms with E-state index in [-0.39, 0.29) is 11.6 Å². The van der Waals surface area contributed by atoms with Crippen LogP contribution in [0.5, 0.6) is 0 Å². The number of aromatic nitrogens is 2. The lowest BCUT2D eigenvalue weighted by molar-refractivity contribution is 0.185. The van der Waals surface area contributed by atoms with Crippen molar-refractivity contribution in [3.8, 4) is 0 Å². The normalized spacial score (nSPS) is 17.4. The third-order valence-corrected chi connectivity index (χ3v) is 5.66.